The number of ether oxygens (including phenoxy) is 1. The van der Waals surface area contributed by atoms with Gasteiger partial charge in [-0.25, -0.2) is 0 Å². The molecular weight excluding hydrogens is 407 g/mol. The van der Waals surface area contributed by atoms with Crippen molar-refractivity contribution in [2.24, 2.45) is 0 Å². The van der Waals surface area contributed by atoms with Crippen molar-refractivity contribution in [2.45, 2.75) is 45.3 Å². The second-order valence-electron chi connectivity index (χ2n) is 7.93. The topological polar surface area (TPSA) is 53.6 Å². The summed E-state index contributed by atoms with van der Waals surface area (Å²) in [5.41, 5.74) is 1.65. The van der Waals surface area contributed by atoms with Crippen molar-refractivity contribution in [1.29, 1.82) is 0 Å². The maximum atomic E-state index is 12.8. The zero-order valence-corrected chi connectivity index (χ0v) is 17.7. The number of morpholine rings is 1. The number of halogens is 3. The minimum absolute atomic E-state index is 0.109. The molecule has 0 aliphatic carbocycles. The van der Waals surface area contributed by atoms with E-state index in [1.54, 1.807) is 0 Å². The molecule has 3 rings (SSSR count). The van der Waals surface area contributed by atoms with Crippen LogP contribution < -0.4 is 10.6 Å². The molecule has 2 unspecified atom stereocenters. The van der Waals surface area contributed by atoms with Crippen molar-refractivity contribution in [3.63, 3.8) is 0 Å². The summed E-state index contributed by atoms with van der Waals surface area (Å²) in [6.07, 6.45) is -4.06. The van der Waals surface area contributed by atoms with Crippen molar-refractivity contribution in [3.8, 4) is 0 Å². The monoisotopic (exact) mass is 435 g/mol. The van der Waals surface area contributed by atoms with E-state index < -0.39 is 11.7 Å². The first-order valence-electron chi connectivity index (χ1n) is 10.3. The standard InChI is InChI=1S/C23H28F3N3O2/c1-16-13-29(14-17(2)31-16)15-19-7-4-3-6-18(19)11-28-22(30)12-27-21-9-5-8-20(10-21)23(24,25)26/h3-10,16-17,27H,11-15H2,1-2H3,(H,28,30). The lowest BCUT2D eigenvalue weighted by Gasteiger charge is -2.35. The number of alkyl halides is 3. The highest BCUT2D eigenvalue weighted by Gasteiger charge is 2.30. The Bertz CT molecular complexity index is 878. The van der Waals surface area contributed by atoms with Crippen LogP contribution >= 0.6 is 0 Å². The van der Waals surface area contributed by atoms with E-state index in [-0.39, 0.29) is 30.3 Å². The smallest absolute Gasteiger partial charge is 0.376 e. The Morgan fingerprint density at radius 3 is 2.42 bits per heavy atom. The number of hydrogen-bond donors (Lipinski definition) is 2. The summed E-state index contributed by atoms with van der Waals surface area (Å²) in [4.78, 5) is 14.6. The molecule has 1 aliphatic heterocycles. The van der Waals surface area contributed by atoms with Gasteiger partial charge >= 0.3 is 6.18 Å². The molecule has 0 bridgehead atoms. The Morgan fingerprint density at radius 2 is 1.74 bits per heavy atom. The lowest BCUT2D eigenvalue weighted by atomic mass is 10.1. The average molecular weight is 435 g/mol. The number of carbonyl (C=O) groups is 1. The Hall–Kier alpha value is -2.58. The summed E-state index contributed by atoms with van der Waals surface area (Å²) in [7, 11) is 0. The second-order valence-corrected chi connectivity index (χ2v) is 7.93. The van der Waals surface area contributed by atoms with E-state index in [0.29, 0.717) is 6.54 Å². The van der Waals surface area contributed by atoms with Crippen LogP contribution in [0.25, 0.3) is 0 Å². The molecular formula is C23H28F3N3O2. The van der Waals surface area contributed by atoms with Crippen LogP contribution in [0, 0.1) is 0 Å². The first-order valence-corrected chi connectivity index (χ1v) is 10.3. The molecule has 0 radical (unpaired) electrons. The third kappa shape index (κ3) is 6.97. The fourth-order valence-electron chi connectivity index (χ4n) is 3.78. The van der Waals surface area contributed by atoms with Crippen LogP contribution in [0.15, 0.2) is 48.5 Å². The number of nitrogens with one attached hydrogen (secondary N) is 2. The number of carbonyl (C=O) groups excluding carboxylic acids is 1. The van der Waals surface area contributed by atoms with Crippen molar-refractivity contribution in [3.05, 3.63) is 65.2 Å². The van der Waals surface area contributed by atoms with Crippen LogP contribution in [0.3, 0.4) is 0 Å². The maximum absolute atomic E-state index is 12.8. The van der Waals surface area contributed by atoms with E-state index >= 15 is 0 Å². The Morgan fingerprint density at radius 1 is 1.06 bits per heavy atom. The molecule has 2 aromatic rings. The van der Waals surface area contributed by atoms with Gasteiger partial charge < -0.3 is 15.4 Å². The Balaban J connectivity index is 1.53. The van der Waals surface area contributed by atoms with Crippen LogP contribution in [-0.4, -0.2) is 42.6 Å². The summed E-state index contributed by atoms with van der Waals surface area (Å²) in [6, 6.07) is 12.7. The molecule has 8 heteroatoms. The number of nitrogens with zero attached hydrogens (tertiary/aromatic N) is 1. The Labute approximate surface area is 180 Å². The molecule has 1 heterocycles. The molecule has 2 N–H and O–H groups in total. The predicted molar refractivity (Wildman–Crippen MR) is 114 cm³/mol. The molecule has 1 fully saturated rings. The number of amides is 1. The molecule has 5 nitrogen and oxygen atoms in total. The zero-order chi connectivity index (χ0) is 22.4. The predicted octanol–water partition coefficient (Wildman–Crippen LogP) is 4.04. The second kappa shape index (κ2) is 10.2. The van der Waals surface area contributed by atoms with Gasteiger partial charge in [-0.05, 0) is 43.2 Å². The average Bonchev–Trinajstić information content (AvgIpc) is 2.70. The highest BCUT2D eigenvalue weighted by Crippen LogP contribution is 2.30. The van der Waals surface area contributed by atoms with Crippen LogP contribution in [0.1, 0.15) is 30.5 Å². The van der Waals surface area contributed by atoms with E-state index in [0.717, 1.165) is 42.9 Å². The molecule has 2 aromatic carbocycles. The first-order chi connectivity index (χ1) is 14.7. The first kappa shape index (κ1) is 23.1. The number of hydrogen-bond acceptors (Lipinski definition) is 4. The molecule has 0 aromatic heterocycles. The van der Waals surface area contributed by atoms with Crippen LogP contribution in [0.5, 0.6) is 0 Å². The summed E-state index contributed by atoms with van der Waals surface area (Å²) in [5, 5.41) is 5.59. The van der Waals surface area contributed by atoms with Gasteiger partial charge in [-0.3, -0.25) is 9.69 Å². The summed E-state index contributed by atoms with van der Waals surface area (Å²) >= 11 is 0. The van der Waals surface area contributed by atoms with Gasteiger partial charge in [0, 0.05) is 31.9 Å². The summed E-state index contributed by atoms with van der Waals surface area (Å²) < 4.78 is 44.2. The van der Waals surface area contributed by atoms with Gasteiger partial charge in [-0.1, -0.05) is 30.3 Å². The molecule has 168 valence electrons. The maximum Gasteiger partial charge on any atom is 0.416 e. The normalized spacial score (nSPS) is 19.8. The summed E-state index contributed by atoms with van der Waals surface area (Å²) in [5.74, 6) is -0.291. The van der Waals surface area contributed by atoms with Gasteiger partial charge in [0.2, 0.25) is 5.91 Å². The Kier molecular flexibility index (Phi) is 7.56. The van der Waals surface area contributed by atoms with E-state index in [4.69, 9.17) is 4.74 Å². The van der Waals surface area contributed by atoms with Crippen LogP contribution in [-0.2, 0) is 28.8 Å². The highest BCUT2D eigenvalue weighted by molar-refractivity contribution is 5.80. The minimum Gasteiger partial charge on any atom is -0.376 e. The molecule has 0 saturated carbocycles. The van der Waals surface area contributed by atoms with Gasteiger partial charge in [-0.15, -0.1) is 0 Å². The molecule has 0 spiro atoms. The lowest BCUT2D eigenvalue weighted by molar-refractivity contribution is -0.137. The number of anilines is 1. The molecule has 31 heavy (non-hydrogen) atoms. The molecule has 1 amide bonds. The quantitative estimate of drug-likeness (QED) is 0.689. The fraction of sp³-hybridized carbons (Fsp3) is 0.435. The molecule has 2 atom stereocenters. The summed E-state index contributed by atoms with van der Waals surface area (Å²) in [6.45, 7) is 6.85. The van der Waals surface area contributed by atoms with Crippen LogP contribution in [0.2, 0.25) is 0 Å². The zero-order valence-electron chi connectivity index (χ0n) is 17.7. The SMILES string of the molecule is CC1CN(Cc2ccccc2CNC(=O)CNc2cccc(C(F)(F)F)c2)CC(C)O1. The van der Waals surface area contributed by atoms with E-state index in [1.807, 2.05) is 24.3 Å². The van der Waals surface area contributed by atoms with E-state index in [9.17, 15) is 18.0 Å². The van der Waals surface area contributed by atoms with E-state index in [2.05, 4.69) is 29.4 Å². The van der Waals surface area contributed by atoms with Gasteiger partial charge in [0.1, 0.15) is 0 Å². The fourth-order valence-corrected chi connectivity index (χ4v) is 3.78. The van der Waals surface area contributed by atoms with Gasteiger partial charge in [0.05, 0.1) is 24.3 Å². The van der Waals surface area contributed by atoms with Crippen molar-refractivity contribution >= 4 is 11.6 Å². The van der Waals surface area contributed by atoms with Gasteiger partial charge in [0.15, 0.2) is 0 Å². The largest absolute Gasteiger partial charge is 0.416 e. The number of benzene rings is 2. The van der Waals surface area contributed by atoms with E-state index in [1.165, 1.54) is 12.1 Å². The number of rotatable bonds is 7. The van der Waals surface area contributed by atoms with Crippen LogP contribution in [0.4, 0.5) is 18.9 Å². The minimum atomic E-state index is -4.42. The van der Waals surface area contributed by atoms with Crippen molar-refractivity contribution < 1.29 is 22.7 Å². The van der Waals surface area contributed by atoms with Gasteiger partial charge in [-0.2, -0.15) is 13.2 Å². The molecule has 1 saturated heterocycles. The molecule has 1 aliphatic rings. The lowest BCUT2D eigenvalue weighted by Crippen LogP contribution is -2.45. The third-order valence-electron chi connectivity index (χ3n) is 5.13. The highest BCUT2D eigenvalue weighted by atomic mass is 19.4. The third-order valence-corrected chi connectivity index (χ3v) is 5.13. The van der Waals surface area contributed by atoms with Crippen molar-refractivity contribution in [2.75, 3.05) is 25.0 Å². The van der Waals surface area contributed by atoms with Crippen molar-refractivity contribution in [1.82, 2.24) is 10.2 Å². The van der Waals surface area contributed by atoms with Gasteiger partial charge in [0.25, 0.3) is 0 Å².